The molecule has 1 saturated heterocycles. The number of hydrogen-bond donors (Lipinski definition) is 0. The lowest BCUT2D eigenvalue weighted by molar-refractivity contribution is -0.117. The summed E-state index contributed by atoms with van der Waals surface area (Å²) in [7, 11) is 0. The van der Waals surface area contributed by atoms with Crippen molar-refractivity contribution >= 4 is 27.5 Å². The minimum absolute atomic E-state index is 0.161. The number of nitriles is 1. The van der Waals surface area contributed by atoms with Crippen molar-refractivity contribution in [3.8, 4) is 6.07 Å². The van der Waals surface area contributed by atoms with E-state index in [1.165, 1.54) is 0 Å². The first-order valence-electron chi connectivity index (χ1n) is 5.11. The monoisotopic (exact) mass is 278 g/mol. The predicted octanol–water partition coefficient (Wildman–Crippen LogP) is 2.31. The summed E-state index contributed by atoms with van der Waals surface area (Å²) in [6.07, 6.45) is 0.602. The number of anilines is 1. The van der Waals surface area contributed by atoms with Crippen LogP contribution in [0.25, 0.3) is 0 Å². The maximum absolute atomic E-state index is 11.7. The van der Waals surface area contributed by atoms with Gasteiger partial charge < -0.3 is 4.90 Å². The third-order valence-electron chi connectivity index (χ3n) is 2.73. The number of carbonyl (C=O) groups is 1. The van der Waals surface area contributed by atoms with Crippen molar-refractivity contribution in [3.05, 3.63) is 29.8 Å². The van der Waals surface area contributed by atoms with Crippen molar-refractivity contribution in [2.75, 3.05) is 16.8 Å². The van der Waals surface area contributed by atoms with Gasteiger partial charge in [-0.25, -0.2) is 0 Å². The van der Waals surface area contributed by atoms with Crippen molar-refractivity contribution in [1.82, 2.24) is 0 Å². The molecule has 4 heteroatoms. The van der Waals surface area contributed by atoms with Gasteiger partial charge in [-0.3, -0.25) is 4.79 Å². The second-order valence-corrected chi connectivity index (χ2v) is 4.53. The molecule has 0 saturated carbocycles. The molecule has 0 radical (unpaired) electrons. The van der Waals surface area contributed by atoms with E-state index in [1.54, 1.807) is 17.0 Å². The van der Waals surface area contributed by atoms with Crippen LogP contribution in [0.4, 0.5) is 5.69 Å². The molecule has 0 spiro atoms. The molecule has 82 valence electrons. The van der Waals surface area contributed by atoms with Crippen LogP contribution in [0.15, 0.2) is 24.3 Å². The van der Waals surface area contributed by atoms with E-state index in [9.17, 15) is 4.79 Å². The van der Waals surface area contributed by atoms with Gasteiger partial charge in [0.1, 0.15) is 0 Å². The number of rotatable bonds is 2. The van der Waals surface area contributed by atoms with Crippen molar-refractivity contribution in [3.63, 3.8) is 0 Å². The van der Waals surface area contributed by atoms with Crippen LogP contribution < -0.4 is 4.90 Å². The molecule has 0 aromatic heterocycles. The molecule has 0 bridgehead atoms. The van der Waals surface area contributed by atoms with Gasteiger partial charge in [0.2, 0.25) is 5.91 Å². The van der Waals surface area contributed by atoms with Gasteiger partial charge >= 0.3 is 0 Å². The van der Waals surface area contributed by atoms with Crippen LogP contribution >= 0.6 is 15.9 Å². The minimum atomic E-state index is 0.161. The molecule has 0 aliphatic carbocycles. The highest BCUT2D eigenvalue weighted by atomic mass is 79.9. The maximum atomic E-state index is 11.7. The fourth-order valence-corrected chi connectivity index (χ4v) is 2.28. The smallest absolute Gasteiger partial charge is 0.227 e. The normalized spacial score (nSPS) is 19.9. The highest BCUT2D eigenvalue weighted by Crippen LogP contribution is 2.26. The highest BCUT2D eigenvalue weighted by Gasteiger charge is 2.29. The minimum Gasteiger partial charge on any atom is -0.312 e. The molecule has 0 N–H and O–H groups in total. The largest absolute Gasteiger partial charge is 0.312 e. The molecule has 1 heterocycles. The van der Waals surface area contributed by atoms with E-state index >= 15 is 0 Å². The van der Waals surface area contributed by atoms with Gasteiger partial charge in [0.05, 0.1) is 11.6 Å². The molecule has 1 aliphatic heterocycles. The fourth-order valence-electron chi connectivity index (χ4n) is 1.85. The molecule has 16 heavy (non-hydrogen) atoms. The molecular weight excluding hydrogens is 268 g/mol. The molecule has 1 atom stereocenters. The van der Waals surface area contributed by atoms with Gasteiger partial charge in [-0.05, 0) is 30.2 Å². The van der Waals surface area contributed by atoms with E-state index in [-0.39, 0.29) is 5.91 Å². The first-order chi connectivity index (χ1) is 7.74. The van der Waals surface area contributed by atoms with Crippen LogP contribution in [0.1, 0.15) is 12.0 Å². The second-order valence-electron chi connectivity index (χ2n) is 3.89. The van der Waals surface area contributed by atoms with Gasteiger partial charge in [-0.2, -0.15) is 5.26 Å². The zero-order valence-corrected chi connectivity index (χ0v) is 10.3. The van der Waals surface area contributed by atoms with Crippen LogP contribution in [-0.2, 0) is 4.79 Å². The van der Waals surface area contributed by atoms with E-state index < -0.39 is 0 Å². The zero-order valence-electron chi connectivity index (χ0n) is 8.69. The molecule has 1 aliphatic rings. The number of amides is 1. The van der Waals surface area contributed by atoms with E-state index in [0.29, 0.717) is 17.9 Å². The number of alkyl halides is 1. The summed E-state index contributed by atoms with van der Waals surface area (Å²) in [5, 5.41) is 9.54. The molecule has 1 aromatic rings. The standard InChI is InChI=1S/C12H11BrN2O/c13-6-10-5-12(16)15(8-10)11-3-1-9(7-14)2-4-11/h1-4,10H,5-6,8H2. The van der Waals surface area contributed by atoms with E-state index in [2.05, 4.69) is 22.0 Å². The Morgan fingerprint density at radius 3 is 2.62 bits per heavy atom. The van der Waals surface area contributed by atoms with Crippen molar-refractivity contribution in [2.24, 2.45) is 5.92 Å². The first kappa shape index (κ1) is 11.2. The van der Waals surface area contributed by atoms with E-state index in [4.69, 9.17) is 5.26 Å². The molecule has 1 aromatic carbocycles. The Kier molecular flexibility index (Phi) is 3.25. The molecular formula is C12H11BrN2O. The number of benzene rings is 1. The third-order valence-corrected chi connectivity index (χ3v) is 3.65. The van der Waals surface area contributed by atoms with Crippen LogP contribution in [0, 0.1) is 17.2 Å². The lowest BCUT2D eigenvalue weighted by Gasteiger charge is -2.16. The zero-order chi connectivity index (χ0) is 11.5. The molecule has 1 unspecified atom stereocenters. The van der Waals surface area contributed by atoms with E-state index in [0.717, 1.165) is 17.6 Å². The van der Waals surface area contributed by atoms with Gasteiger partial charge in [0, 0.05) is 24.0 Å². The molecule has 1 amide bonds. The Morgan fingerprint density at radius 1 is 1.44 bits per heavy atom. The van der Waals surface area contributed by atoms with Gasteiger partial charge in [-0.15, -0.1) is 0 Å². The molecule has 3 nitrogen and oxygen atoms in total. The lowest BCUT2D eigenvalue weighted by atomic mass is 10.2. The van der Waals surface area contributed by atoms with Crippen LogP contribution in [0.3, 0.4) is 0 Å². The summed E-state index contributed by atoms with van der Waals surface area (Å²) in [5.41, 5.74) is 1.50. The van der Waals surface area contributed by atoms with Crippen LogP contribution in [0.5, 0.6) is 0 Å². The highest BCUT2D eigenvalue weighted by molar-refractivity contribution is 9.09. The lowest BCUT2D eigenvalue weighted by Crippen LogP contribution is -2.24. The number of halogens is 1. The summed E-state index contributed by atoms with van der Waals surface area (Å²) >= 11 is 3.40. The quantitative estimate of drug-likeness (QED) is 0.780. The van der Waals surface area contributed by atoms with E-state index in [1.807, 2.05) is 12.1 Å². The number of carbonyl (C=O) groups excluding carboxylic acids is 1. The Balaban J connectivity index is 2.19. The van der Waals surface area contributed by atoms with Crippen molar-refractivity contribution in [1.29, 1.82) is 5.26 Å². The molecule has 1 fully saturated rings. The topological polar surface area (TPSA) is 44.1 Å². The third kappa shape index (κ3) is 2.10. The van der Waals surface area contributed by atoms with Gasteiger partial charge in [0.25, 0.3) is 0 Å². The number of nitrogens with zero attached hydrogens (tertiary/aromatic N) is 2. The summed E-state index contributed by atoms with van der Waals surface area (Å²) in [4.78, 5) is 13.5. The Labute approximate surface area is 103 Å². The predicted molar refractivity (Wildman–Crippen MR) is 65.4 cm³/mol. The SMILES string of the molecule is N#Cc1ccc(N2CC(CBr)CC2=O)cc1. The molecule has 2 rings (SSSR count). The van der Waals surface area contributed by atoms with Crippen LogP contribution in [0.2, 0.25) is 0 Å². The average Bonchev–Trinajstić information content (AvgIpc) is 2.71. The second kappa shape index (κ2) is 4.67. The van der Waals surface area contributed by atoms with Gasteiger partial charge in [-0.1, -0.05) is 15.9 Å². The summed E-state index contributed by atoms with van der Waals surface area (Å²) in [6, 6.07) is 9.20. The Hall–Kier alpha value is -1.34. The summed E-state index contributed by atoms with van der Waals surface area (Å²) < 4.78 is 0. The fraction of sp³-hybridized carbons (Fsp3) is 0.333. The summed E-state index contributed by atoms with van der Waals surface area (Å²) in [6.45, 7) is 0.760. The van der Waals surface area contributed by atoms with Crippen LogP contribution in [-0.4, -0.2) is 17.8 Å². The van der Waals surface area contributed by atoms with Crippen molar-refractivity contribution in [2.45, 2.75) is 6.42 Å². The first-order valence-corrected chi connectivity index (χ1v) is 6.23. The number of hydrogen-bond acceptors (Lipinski definition) is 2. The Morgan fingerprint density at radius 2 is 2.12 bits per heavy atom. The average molecular weight is 279 g/mol. The summed E-state index contributed by atoms with van der Waals surface area (Å²) in [5.74, 6) is 0.553. The van der Waals surface area contributed by atoms with Gasteiger partial charge in [0.15, 0.2) is 0 Å². The van der Waals surface area contributed by atoms with Crippen molar-refractivity contribution < 1.29 is 4.79 Å². The Bertz CT molecular complexity index is 435. The maximum Gasteiger partial charge on any atom is 0.227 e.